The lowest BCUT2D eigenvalue weighted by molar-refractivity contribution is -0.116. The summed E-state index contributed by atoms with van der Waals surface area (Å²) in [6, 6.07) is 11.3. The highest BCUT2D eigenvalue weighted by Gasteiger charge is 2.12. The molecule has 2 aromatic heterocycles. The van der Waals surface area contributed by atoms with Crippen molar-refractivity contribution in [3.8, 4) is 17.2 Å². The van der Waals surface area contributed by atoms with Gasteiger partial charge in [0.2, 0.25) is 11.7 Å². The predicted octanol–water partition coefficient (Wildman–Crippen LogP) is 2.69. The zero-order valence-corrected chi connectivity index (χ0v) is 15.4. The van der Waals surface area contributed by atoms with Gasteiger partial charge in [-0.25, -0.2) is 4.52 Å². The van der Waals surface area contributed by atoms with Crippen LogP contribution < -0.4 is 19.5 Å². The van der Waals surface area contributed by atoms with E-state index < -0.39 is 0 Å². The van der Waals surface area contributed by atoms with Gasteiger partial charge in [0.1, 0.15) is 0 Å². The number of nitrogens with zero attached hydrogens (tertiary/aromatic N) is 2. The van der Waals surface area contributed by atoms with Crippen LogP contribution in [-0.2, 0) is 11.3 Å². The Morgan fingerprint density at radius 1 is 1.11 bits per heavy atom. The van der Waals surface area contributed by atoms with E-state index in [-0.39, 0.29) is 5.91 Å². The summed E-state index contributed by atoms with van der Waals surface area (Å²) in [6.07, 6.45) is 5.00. The molecule has 3 aromatic rings. The minimum atomic E-state index is -0.221. The fourth-order valence-corrected chi connectivity index (χ4v) is 2.68. The molecule has 0 spiro atoms. The standard InChI is InChI=1S/C20H21N3O4/c1-25-17-10-14(11-18(26-2)20(17)27-3)7-8-19(24)21-13-15-12-16-6-4-5-9-23(16)22-15/h4-12H,13H2,1-3H3,(H,21,24). The fraction of sp³-hybridized carbons (Fsp3) is 0.200. The number of nitrogens with one attached hydrogen (secondary N) is 1. The maximum absolute atomic E-state index is 12.1. The molecule has 1 aromatic carbocycles. The first-order chi connectivity index (χ1) is 13.1. The highest BCUT2D eigenvalue weighted by atomic mass is 16.5. The van der Waals surface area contributed by atoms with Crippen molar-refractivity contribution < 1.29 is 19.0 Å². The Hall–Kier alpha value is -3.48. The first kappa shape index (κ1) is 18.3. The molecule has 0 aliphatic heterocycles. The molecule has 2 heterocycles. The van der Waals surface area contributed by atoms with Crippen LogP contribution in [0.5, 0.6) is 17.2 Å². The third-order valence-corrected chi connectivity index (χ3v) is 3.98. The number of carbonyl (C=O) groups is 1. The van der Waals surface area contributed by atoms with E-state index in [1.807, 2.05) is 30.5 Å². The topological polar surface area (TPSA) is 74.1 Å². The summed E-state index contributed by atoms with van der Waals surface area (Å²) in [5, 5.41) is 7.22. The quantitative estimate of drug-likeness (QED) is 0.650. The van der Waals surface area contributed by atoms with E-state index in [0.29, 0.717) is 23.8 Å². The summed E-state index contributed by atoms with van der Waals surface area (Å²) in [5.74, 6) is 1.34. The molecule has 1 amide bonds. The molecule has 0 atom stereocenters. The Morgan fingerprint density at radius 3 is 2.48 bits per heavy atom. The number of carbonyl (C=O) groups excluding carboxylic acids is 1. The summed E-state index contributed by atoms with van der Waals surface area (Å²) in [6.45, 7) is 0.347. The van der Waals surface area contributed by atoms with E-state index >= 15 is 0 Å². The van der Waals surface area contributed by atoms with Gasteiger partial charge in [0.25, 0.3) is 0 Å². The molecule has 0 fully saturated rings. The second-order valence-electron chi connectivity index (χ2n) is 5.72. The van der Waals surface area contributed by atoms with Gasteiger partial charge in [-0.2, -0.15) is 5.10 Å². The summed E-state index contributed by atoms with van der Waals surface area (Å²) in [7, 11) is 4.64. The highest BCUT2D eigenvalue weighted by molar-refractivity contribution is 5.91. The van der Waals surface area contributed by atoms with E-state index in [1.165, 1.54) is 6.08 Å². The molecule has 0 aliphatic rings. The number of pyridine rings is 1. The molecule has 1 N–H and O–H groups in total. The van der Waals surface area contributed by atoms with Gasteiger partial charge >= 0.3 is 0 Å². The van der Waals surface area contributed by atoms with Crippen molar-refractivity contribution in [2.75, 3.05) is 21.3 Å². The largest absolute Gasteiger partial charge is 0.493 e. The van der Waals surface area contributed by atoms with Gasteiger partial charge in [0.15, 0.2) is 11.5 Å². The third kappa shape index (κ3) is 4.20. The number of fused-ring (bicyclic) bond motifs is 1. The lowest BCUT2D eigenvalue weighted by atomic mass is 10.1. The highest BCUT2D eigenvalue weighted by Crippen LogP contribution is 2.38. The van der Waals surface area contributed by atoms with Gasteiger partial charge in [0, 0.05) is 12.3 Å². The van der Waals surface area contributed by atoms with Crippen LogP contribution in [-0.4, -0.2) is 36.9 Å². The molecule has 140 valence electrons. The lowest BCUT2D eigenvalue weighted by Gasteiger charge is -2.12. The first-order valence-electron chi connectivity index (χ1n) is 8.34. The van der Waals surface area contributed by atoms with Gasteiger partial charge in [-0.1, -0.05) is 6.07 Å². The zero-order valence-electron chi connectivity index (χ0n) is 15.4. The van der Waals surface area contributed by atoms with Crippen LogP contribution in [0, 0.1) is 0 Å². The van der Waals surface area contributed by atoms with Crippen molar-refractivity contribution in [3.05, 3.63) is 59.9 Å². The molecule has 0 aliphatic carbocycles. The maximum atomic E-state index is 12.1. The van der Waals surface area contributed by atoms with Crippen molar-refractivity contribution in [3.63, 3.8) is 0 Å². The van der Waals surface area contributed by atoms with Crippen LogP contribution in [0.25, 0.3) is 11.6 Å². The smallest absolute Gasteiger partial charge is 0.244 e. The molecule has 0 bridgehead atoms. The van der Waals surface area contributed by atoms with E-state index in [2.05, 4.69) is 10.4 Å². The normalized spacial score (nSPS) is 10.9. The molecule has 0 saturated heterocycles. The maximum Gasteiger partial charge on any atom is 0.244 e. The Balaban J connectivity index is 1.67. The van der Waals surface area contributed by atoms with Crippen molar-refractivity contribution >= 4 is 17.5 Å². The molecule has 0 unspecified atom stereocenters. The second kappa shape index (κ2) is 8.27. The van der Waals surface area contributed by atoms with E-state index in [9.17, 15) is 4.79 Å². The first-order valence-corrected chi connectivity index (χ1v) is 8.34. The van der Waals surface area contributed by atoms with Gasteiger partial charge in [0.05, 0.1) is 39.1 Å². The van der Waals surface area contributed by atoms with Crippen LogP contribution in [0.15, 0.2) is 48.7 Å². The Kier molecular flexibility index (Phi) is 5.61. The zero-order chi connectivity index (χ0) is 19.2. The van der Waals surface area contributed by atoms with Crippen molar-refractivity contribution in [1.82, 2.24) is 14.9 Å². The van der Waals surface area contributed by atoms with Gasteiger partial charge in [-0.3, -0.25) is 4.79 Å². The van der Waals surface area contributed by atoms with Gasteiger partial charge in [-0.05, 0) is 42.0 Å². The fourth-order valence-electron chi connectivity index (χ4n) is 2.68. The average molecular weight is 367 g/mol. The molecular formula is C20H21N3O4. The van der Waals surface area contributed by atoms with Crippen molar-refractivity contribution in [2.45, 2.75) is 6.54 Å². The van der Waals surface area contributed by atoms with Crippen LogP contribution in [0.1, 0.15) is 11.3 Å². The van der Waals surface area contributed by atoms with Crippen LogP contribution >= 0.6 is 0 Å². The molecule has 7 nitrogen and oxygen atoms in total. The number of aromatic nitrogens is 2. The molecule has 3 rings (SSSR count). The Morgan fingerprint density at radius 2 is 1.85 bits per heavy atom. The number of ether oxygens (including phenoxy) is 3. The molecule has 27 heavy (non-hydrogen) atoms. The number of hydrogen-bond donors (Lipinski definition) is 1. The molecular weight excluding hydrogens is 346 g/mol. The van der Waals surface area contributed by atoms with E-state index in [0.717, 1.165) is 16.8 Å². The Bertz CT molecular complexity index is 920. The third-order valence-electron chi connectivity index (χ3n) is 3.98. The van der Waals surface area contributed by atoms with Gasteiger partial charge < -0.3 is 19.5 Å². The van der Waals surface area contributed by atoms with Crippen molar-refractivity contribution in [1.29, 1.82) is 0 Å². The monoisotopic (exact) mass is 367 g/mol. The predicted molar refractivity (Wildman–Crippen MR) is 102 cm³/mol. The number of methoxy groups -OCH3 is 3. The molecule has 7 heteroatoms. The minimum Gasteiger partial charge on any atom is -0.493 e. The summed E-state index contributed by atoms with van der Waals surface area (Å²) in [4.78, 5) is 12.1. The number of rotatable bonds is 7. The lowest BCUT2D eigenvalue weighted by Crippen LogP contribution is -2.20. The molecule has 0 radical (unpaired) electrons. The molecule has 0 saturated carbocycles. The van der Waals surface area contributed by atoms with Crippen molar-refractivity contribution in [2.24, 2.45) is 0 Å². The van der Waals surface area contributed by atoms with E-state index in [4.69, 9.17) is 14.2 Å². The second-order valence-corrected chi connectivity index (χ2v) is 5.72. The Labute approximate surface area is 157 Å². The summed E-state index contributed by atoms with van der Waals surface area (Å²) < 4.78 is 17.7. The van der Waals surface area contributed by atoms with Crippen LogP contribution in [0.2, 0.25) is 0 Å². The average Bonchev–Trinajstić information content (AvgIpc) is 3.12. The summed E-state index contributed by atoms with van der Waals surface area (Å²) in [5.41, 5.74) is 2.53. The summed E-state index contributed by atoms with van der Waals surface area (Å²) >= 11 is 0. The number of amides is 1. The number of benzene rings is 1. The SMILES string of the molecule is COc1cc(C=CC(=O)NCc2cc3ccccn3n2)cc(OC)c1OC. The van der Waals surface area contributed by atoms with Gasteiger partial charge in [-0.15, -0.1) is 0 Å². The minimum absolute atomic E-state index is 0.221. The van der Waals surface area contributed by atoms with Crippen LogP contribution in [0.4, 0.5) is 0 Å². The number of hydrogen-bond acceptors (Lipinski definition) is 5. The van der Waals surface area contributed by atoms with E-state index in [1.54, 1.807) is 44.1 Å². The van der Waals surface area contributed by atoms with Crippen LogP contribution in [0.3, 0.4) is 0 Å².